The minimum Gasteiger partial charge on any atom is -0.380 e. The molecule has 2 bridgehead atoms. The van der Waals surface area contributed by atoms with Gasteiger partial charge in [0.15, 0.2) is 11.5 Å². The fourth-order valence-electron chi connectivity index (χ4n) is 5.17. The molecule has 5 rings (SSSR count). The van der Waals surface area contributed by atoms with E-state index < -0.39 is 0 Å². The number of fused-ring (bicyclic) bond motifs is 2. The normalized spacial score (nSPS) is 26.4. The fourth-order valence-corrected chi connectivity index (χ4v) is 5.59. The van der Waals surface area contributed by atoms with Gasteiger partial charge in [0.1, 0.15) is 11.0 Å². The highest BCUT2D eigenvalue weighted by molar-refractivity contribution is 9.10. The number of Topliss-reactive ketones (excluding diaryl/α,β-unsaturated/α-hetero) is 1. The lowest BCUT2D eigenvalue weighted by atomic mass is 9.45. The number of aromatic nitrogens is 2. The number of carbonyl (C=O) groups is 1. The smallest absolute Gasteiger partial charge is 0.283 e. The van der Waals surface area contributed by atoms with Crippen molar-refractivity contribution in [1.29, 1.82) is 0 Å². The number of halogens is 1. The van der Waals surface area contributed by atoms with Crippen molar-refractivity contribution in [3.63, 3.8) is 0 Å². The molecule has 0 aliphatic heterocycles. The van der Waals surface area contributed by atoms with Gasteiger partial charge in [-0.1, -0.05) is 45.0 Å². The Hall–Kier alpha value is -2.46. The third kappa shape index (κ3) is 3.47. The van der Waals surface area contributed by atoms with Crippen LogP contribution >= 0.6 is 15.9 Å². The van der Waals surface area contributed by atoms with Gasteiger partial charge in [-0.25, -0.2) is 9.53 Å². The first-order valence-corrected chi connectivity index (χ1v) is 11.0. The van der Waals surface area contributed by atoms with E-state index in [-0.39, 0.29) is 17.9 Å². The Morgan fingerprint density at radius 1 is 1.33 bits per heavy atom. The van der Waals surface area contributed by atoms with Crippen LogP contribution in [0.5, 0.6) is 0 Å². The zero-order valence-electron chi connectivity index (χ0n) is 17.4. The zero-order chi connectivity index (χ0) is 21.6. The van der Waals surface area contributed by atoms with E-state index in [2.05, 4.69) is 52.0 Å². The van der Waals surface area contributed by atoms with Crippen LogP contribution in [0.25, 0.3) is 4.85 Å². The quantitative estimate of drug-likeness (QED) is 0.499. The number of anilines is 1. The van der Waals surface area contributed by atoms with Crippen LogP contribution in [-0.4, -0.2) is 21.6 Å². The first kappa shape index (κ1) is 20.8. The van der Waals surface area contributed by atoms with Crippen molar-refractivity contribution in [3.05, 3.63) is 62.3 Å². The number of benzene rings is 1. The molecule has 4 atom stereocenters. The Bertz CT molecular complexity index is 1080. The summed E-state index contributed by atoms with van der Waals surface area (Å²) in [5.74, 6) is 1.72. The number of nitrogens with zero attached hydrogens (tertiary/aromatic N) is 3. The van der Waals surface area contributed by atoms with Gasteiger partial charge < -0.3 is 5.32 Å². The number of ketones is 1. The van der Waals surface area contributed by atoms with Crippen LogP contribution in [0.3, 0.4) is 0 Å². The summed E-state index contributed by atoms with van der Waals surface area (Å²) in [6.45, 7) is 13.9. The van der Waals surface area contributed by atoms with Gasteiger partial charge in [0.05, 0.1) is 18.5 Å². The molecule has 156 valence electrons. The van der Waals surface area contributed by atoms with Crippen molar-refractivity contribution >= 4 is 33.1 Å². The topological polar surface area (TPSA) is 68.3 Å². The van der Waals surface area contributed by atoms with Crippen LogP contribution in [0.15, 0.2) is 39.7 Å². The molecule has 3 aliphatic carbocycles. The van der Waals surface area contributed by atoms with Crippen molar-refractivity contribution in [2.75, 3.05) is 5.32 Å². The summed E-state index contributed by atoms with van der Waals surface area (Å²) >= 11 is 3.41. The number of hydrogen-bond acceptors (Lipinski definition) is 4. The van der Waals surface area contributed by atoms with E-state index in [0.29, 0.717) is 44.7 Å². The monoisotopic (exact) mass is 468 g/mol. The second-order valence-electron chi connectivity index (χ2n) is 9.12. The molecule has 0 unspecified atom stereocenters. The Morgan fingerprint density at radius 2 is 2.03 bits per heavy atom. The maximum absolute atomic E-state index is 12.8. The lowest BCUT2D eigenvalue weighted by molar-refractivity contribution is -0.105. The maximum Gasteiger partial charge on any atom is 0.283 e. The lowest BCUT2D eigenvalue weighted by Gasteiger charge is -2.62. The molecule has 1 N–H and O–H groups in total. The molecule has 7 heteroatoms. The number of nitrogens with one attached hydrogen (secondary N) is 1. The van der Waals surface area contributed by atoms with Gasteiger partial charge in [-0.3, -0.25) is 9.59 Å². The molecule has 0 radical (unpaired) electrons. The van der Waals surface area contributed by atoms with Gasteiger partial charge >= 0.3 is 0 Å². The maximum atomic E-state index is 12.8. The summed E-state index contributed by atoms with van der Waals surface area (Å²) in [7, 11) is 0. The highest BCUT2D eigenvalue weighted by atomic mass is 79.9. The van der Waals surface area contributed by atoms with Gasteiger partial charge in [-0.15, -0.1) is 0 Å². The molecule has 1 aromatic heterocycles. The van der Waals surface area contributed by atoms with Crippen LogP contribution < -0.4 is 10.9 Å². The summed E-state index contributed by atoms with van der Waals surface area (Å²) < 4.78 is 1.57. The van der Waals surface area contributed by atoms with Crippen LogP contribution in [0.4, 0.5) is 11.4 Å². The van der Waals surface area contributed by atoms with Crippen molar-refractivity contribution in [2.45, 2.75) is 46.2 Å². The molecular weight excluding hydrogens is 444 g/mol. The molecule has 1 heterocycles. The molecular formula is C23H25BrN4O2. The number of rotatable bonds is 5. The average Bonchev–Trinajstić information content (AvgIpc) is 2.74. The van der Waals surface area contributed by atoms with E-state index in [0.717, 1.165) is 12.3 Å². The van der Waals surface area contributed by atoms with Gasteiger partial charge in [-0.2, -0.15) is 5.10 Å². The zero-order valence-corrected chi connectivity index (χ0v) is 18.9. The van der Waals surface area contributed by atoms with Crippen molar-refractivity contribution in [1.82, 2.24) is 9.78 Å². The largest absolute Gasteiger partial charge is 0.380 e. The molecule has 3 aliphatic rings. The molecule has 2 aromatic rings. The average molecular weight is 469 g/mol. The van der Waals surface area contributed by atoms with Crippen molar-refractivity contribution in [3.8, 4) is 0 Å². The Morgan fingerprint density at radius 3 is 2.63 bits per heavy atom. The molecule has 0 spiro atoms. The Labute approximate surface area is 184 Å². The fraction of sp³-hybridized carbons (Fsp3) is 0.478. The Balaban J connectivity index is 1.48. The molecule has 30 heavy (non-hydrogen) atoms. The lowest BCUT2D eigenvalue weighted by Crippen LogP contribution is -2.58. The van der Waals surface area contributed by atoms with E-state index >= 15 is 0 Å². The van der Waals surface area contributed by atoms with E-state index in [1.54, 1.807) is 30.5 Å². The molecule has 3 saturated carbocycles. The number of carbonyl (C=O) groups excluding carboxylic acids is 1. The predicted octanol–water partition coefficient (Wildman–Crippen LogP) is 4.92. The van der Waals surface area contributed by atoms with Gasteiger partial charge in [-0.05, 0) is 51.9 Å². The second kappa shape index (κ2) is 7.66. The van der Waals surface area contributed by atoms with Crippen molar-refractivity contribution in [2.24, 2.45) is 23.2 Å². The van der Waals surface area contributed by atoms with Gasteiger partial charge in [0.2, 0.25) is 0 Å². The number of hydrogen-bond donors (Lipinski definition) is 1. The first-order chi connectivity index (χ1) is 14.2. The van der Waals surface area contributed by atoms with Gasteiger partial charge in [0, 0.05) is 11.6 Å². The first-order valence-electron chi connectivity index (χ1n) is 10.2. The molecule has 6 nitrogen and oxygen atoms in total. The molecule has 3 fully saturated rings. The summed E-state index contributed by atoms with van der Waals surface area (Å²) in [6.07, 6.45) is 4.02. The van der Waals surface area contributed by atoms with Gasteiger partial charge in [0.25, 0.3) is 5.56 Å². The van der Waals surface area contributed by atoms with Crippen LogP contribution in [0.1, 0.15) is 44.0 Å². The van der Waals surface area contributed by atoms with E-state index in [9.17, 15) is 9.59 Å². The third-order valence-electron chi connectivity index (χ3n) is 7.29. The highest BCUT2D eigenvalue weighted by Crippen LogP contribution is 2.61. The van der Waals surface area contributed by atoms with Crippen LogP contribution in [-0.2, 0) is 6.54 Å². The molecule has 0 saturated heterocycles. The standard InChI is InChI=1S/C23H25BrN4O2/c1-13-17-9-15(23(17,2)3)10-18(13)27-19-11-26-28(22(30)21(19)24)12-20(29)14-5-7-16(25-4)8-6-14/h5-8,11,13,15,17-18,27H,9-10,12H2,1-3H3/t13-,15-,17+,18-/m1/s1. The van der Waals surface area contributed by atoms with Crippen LogP contribution in [0, 0.1) is 29.7 Å². The SMILES string of the molecule is [C-]#[N+]c1ccc(C(=O)Cn2ncc(N[C@@H]3C[C@H]4C[C@@H]([C@H]3C)C4(C)C)c(Br)c2=O)cc1. The summed E-state index contributed by atoms with van der Waals surface area (Å²) in [5.41, 5.74) is 1.68. The second-order valence-corrected chi connectivity index (χ2v) is 9.92. The summed E-state index contributed by atoms with van der Waals surface area (Å²) in [6, 6.07) is 6.71. The minimum atomic E-state index is -0.333. The summed E-state index contributed by atoms with van der Waals surface area (Å²) in [4.78, 5) is 28.6. The van der Waals surface area contributed by atoms with E-state index in [4.69, 9.17) is 6.57 Å². The van der Waals surface area contributed by atoms with Crippen LogP contribution in [0.2, 0.25) is 0 Å². The van der Waals surface area contributed by atoms with E-state index in [1.165, 1.54) is 11.1 Å². The molecule has 1 aromatic carbocycles. The third-order valence-corrected chi connectivity index (χ3v) is 8.06. The highest BCUT2D eigenvalue weighted by Gasteiger charge is 2.56. The van der Waals surface area contributed by atoms with Crippen molar-refractivity contribution < 1.29 is 4.79 Å². The minimum absolute atomic E-state index is 0.146. The Kier molecular flexibility index (Phi) is 5.31. The predicted molar refractivity (Wildman–Crippen MR) is 120 cm³/mol. The summed E-state index contributed by atoms with van der Waals surface area (Å²) in [5, 5.41) is 7.76. The molecule has 0 amide bonds. The van der Waals surface area contributed by atoms with E-state index in [1.807, 2.05) is 0 Å².